The molecule has 154 valence electrons. The molecule has 0 radical (unpaired) electrons. The zero-order valence-corrected chi connectivity index (χ0v) is 16.4. The Balaban J connectivity index is 1.85. The van der Waals surface area contributed by atoms with Crippen molar-refractivity contribution < 1.29 is 27.8 Å². The Morgan fingerprint density at radius 2 is 1.93 bits per heavy atom. The molecule has 8 heteroatoms. The van der Waals surface area contributed by atoms with Crippen LogP contribution in [0.5, 0.6) is 5.75 Å². The van der Waals surface area contributed by atoms with Crippen molar-refractivity contribution in [3.05, 3.63) is 28.8 Å². The lowest BCUT2D eigenvalue weighted by atomic mass is 9.76. The van der Waals surface area contributed by atoms with E-state index in [0.717, 1.165) is 16.7 Å². The van der Waals surface area contributed by atoms with Crippen molar-refractivity contribution in [1.82, 2.24) is 5.01 Å². The number of fused-ring (bicyclic) bond motifs is 1. The highest BCUT2D eigenvalue weighted by molar-refractivity contribution is 5.93. The predicted octanol–water partition coefficient (Wildman–Crippen LogP) is 3.88. The molecule has 1 aliphatic carbocycles. The maximum atomic E-state index is 13.8. The van der Waals surface area contributed by atoms with Crippen molar-refractivity contribution in [2.75, 3.05) is 6.61 Å². The lowest BCUT2D eigenvalue weighted by molar-refractivity contribution is -0.318. The molecule has 1 amide bonds. The van der Waals surface area contributed by atoms with Crippen molar-refractivity contribution in [2.45, 2.75) is 58.9 Å². The normalized spacial score (nSPS) is 27.4. The first kappa shape index (κ1) is 20.6. The lowest BCUT2D eigenvalue weighted by Gasteiger charge is -2.39. The maximum Gasteiger partial charge on any atom is 0.439 e. The third-order valence-corrected chi connectivity index (χ3v) is 5.57. The summed E-state index contributed by atoms with van der Waals surface area (Å²) in [6.07, 6.45) is -3.87. The van der Waals surface area contributed by atoms with E-state index in [1.165, 1.54) is 0 Å². The Hall–Kier alpha value is -2.09. The first-order valence-electron chi connectivity index (χ1n) is 9.35. The van der Waals surface area contributed by atoms with Gasteiger partial charge in [0.05, 0.1) is 5.92 Å². The van der Waals surface area contributed by atoms with E-state index < -0.39 is 30.3 Å². The van der Waals surface area contributed by atoms with Crippen molar-refractivity contribution in [2.24, 2.45) is 16.9 Å². The number of carbonyl (C=O) groups is 1. The van der Waals surface area contributed by atoms with E-state index in [2.05, 4.69) is 5.10 Å². The number of aryl methyl sites for hydroxylation is 3. The monoisotopic (exact) mass is 398 g/mol. The number of hydrogen-bond acceptors (Lipinski definition) is 4. The number of hydrogen-bond donors (Lipinski definition) is 1. The summed E-state index contributed by atoms with van der Waals surface area (Å²) in [5, 5.41) is 14.7. The molecule has 28 heavy (non-hydrogen) atoms. The Morgan fingerprint density at radius 3 is 2.50 bits per heavy atom. The van der Waals surface area contributed by atoms with Gasteiger partial charge in [-0.05, 0) is 57.1 Å². The second-order valence-electron chi connectivity index (χ2n) is 7.97. The van der Waals surface area contributed by atoms with Gasteiger partial charge in [0, 0.05) is 5.71 Å². The number of ether oxygens (including phenoxy) is 1. The largest absolute Gasteiger partial charge is 0.483 e. The number of benzene rings is 1. The fourth-order valence-corrected chi connectivity index (χ4v) is 4.25. The Kier molecular flexibility index (Phi) is 5.20. The minimum atomic E-state index is -5.02. The molecule has 1 aromatic carbocycles. The SMILES string of the molecule is Cc1cc(C)c(OCC(=O)N2N=C3CCC(C)CC3C2(O)C(F)(F)F)c(C)c1. The molecule has 0 spiro atoms. The molecule has 3 rings (SSSR count). The van der Waals surface area contributed by atoms with E-state index in [1.807, 2.05) is 26.0 Å². The summed E-state index contributed by atoms with van der Waals surface area (Å²) in [4.78, 5) is 12.6. The summed E-state index contributed by atoms with van der Waals surface area (Å²) in [7, 11) is 0. The van der Waals surface area contributed by atoms with Gasteiger partial charge in [-0.25, -0.2) is 0 Å². The molecule has 0 saturated heterocycles. The van der Waals surface area contributed by atoms with Crippen LogP contribution >= 0.6 is 0 Å². The third-order valence-electron chi connectivity index (χ3n) is 5.57. The van der Waals surface area contributed by atoms with Crippen molar-refractivity contribution in [3.63, 3.8) is 0 Å². The molecule has 1 fully saturated rings. The van der Waals surface area contributed by atoms with Gasteiger partial charge < -0.3 is 9.84 Å². The predicted molar refractivity (Wildman–Crippen MR) is 97.9 cm³/mol. The van der Waals surface area contributed by atoms with E-state index in [0.29, 0.717) is 18.6 Å². The second kappa shape index (κ2) is 7.06. The lowest BCUT2D eigenvalue weighted by Crippen LogP contribution is -2.62. The van der Waals surface area contributed by atoms with Gasteiger partial charge in [-0.1, -0.05) is 24.6 Å². The number of rotatable bonds is 3. The number of halogens is 3. The van der Waals surface area contributed by atoms with Crippen LogP contribution in [0.3, 0.4) is 0 Å². The van der Waals surface area contributed by atoms with Crippen LogP contribution in [-0.2, 0) is 4.79 Å². The van der Waals surface area contributed by atoms with Crippen LogP contribution in [0.2, 0.25) is 0 Å². The molecule has 1 saturated carbocycles. The summed E-state index contributed by atoms with van der Waals surface area (Å²) in [5.74, 6) is -1.79. The van der Waals surface area contributed by atoms with E-state index in [1.54, 1.807) is 13.8 Å². The van der Waals surface area contributed by atoms with Crippen LogP contribution in [0.4, 0.5) is 13.2 Å². The third kappa shape index (κ3) is 3.38. The van der Waals surface area contributed by atoms with E-state index in [9.17, 15) is 23.1 Å². The topological polar surface area (TPSA) is 62.1 Å². The average molecular weight is 398 g/mol. The number of amides is 1. The molecule has 1 aliphatic heterocycles. The molecule has 3 atom stereocenters. The van der Waals surface area contributed by atoms with Gasteiger partial charge in [0.1, 0.15) is 5.75 Å². The van der Waals surface area contributed by atoms with E-state index in [4.69, 9.17) is 4.74 Å². The van der Waals surface area contributed by atoms with E-state index >= 15 is 0 Å². The van der Waals surface area contributed by atoms with Gasteiger partial charge in [0.15, 0.2) is 6.61 Å². The Labute approximate surface area is 162 Å². The first-order valence-corrected chi connectivity index (χ1v) is 9.35. The van der Waals surface area contributed by atoms with Gasteiger partial charge in [-0.15, -0.1) is 0 Å². The van der Waals surface area contributed by atoms with Gasteiger partial charge in [0.2, 0.25) is 0 Å². The minimum Gasteiger partial charge on any atom is -0.483 e. The zero-order valence-electron chi connectivity index (χ0n) is 16.4. The fourth-order valence-electron chi connectivity index (χ4n) is 4.25. The molecule has 5 nitrogen and oxygen atoms in total. The van der Waals surface area contributed by atoms with Crippen molar-refractivity contribution >= 4 is 11.6 Å². The molecular weight excluding hydrogens is 373 g/mol. The average Bonchev–Trinajstić information content (AvgIpc) is 2.87. The van der Waals surface area contributed by atoms with Gasteiger partial charge in [-0.2, -0.15) is 23.3 Å². The zero-order chi connectivity index (χ0) is 20.9. The quantitative estimate of drug-likeness (QED) is 0.841. The van der Waals surface area contributed by atoms with Crippen LogP contribution in [-0.4, -0.2) is 40.2 Å². The molecule has 2 aliphatic rings. The number of nitrogens with zero attached hydrogens (tertiary/aromatic N) is 2. The van der Waals surface area contributed by atoms with Crippen LogP contribution in [0, 0.1) is 32.6 Å². The number of carbonyl (C=O) groups excluding carboxylic acids is 1. The highest BCUT2D eigenvalue weighted by Crippen LogP contribution is 2.49. The standard InChI is InChI=1S/C20H25F3N2O3/c1-11-5-6-16-15(9-11)19(27,20(21,22)23)25(24-16)17(26)10-28-18-13(3)7-12(2)8-14(18)4/h7-8,11,15,27H,5-6,9-10H2,1-4H3. The molecule has 1 heterocycles. The van der Waals surface area contributed by atoms with E-state index in [-0.39, 0.29) is 23.1 Å². The summed E-state index contributed by atoms with van der Waals surface area (Å²) < 4.78 is 47.0. The number of alkyl halides is 3. The second-order valence-corrected chi connectivity index (χ2v) is 7.97. The highest BCUT2D eigenvalue weighted by Gasteiger charge is 2.68. The summed E-state index contributed by atoms with van der Waals surface area (Å²) in [6.45, 7) is 6.73. The molecule has 0 aromatic heterocycles. The molecule has 0 bridgehead atoms. The smallest absolute Gasteiger partial charge is 0.439 e. The Morgan fingerprint density at radius 1 is 1.32 bits per heavy atom. The van der Waals surface area contributed by atoms with Crippen LogP contribution in [0.1, 0.15) is 42.9 Å². The highest BCUT2D eigenvalue weighted by atomic mass is 19.4. The number of hydrazone groups is 1. The van der Waals surface area contributed by atoms with Crippen molar-refractivity contribution in [3.8, 4) is 5.75 Å². The molecular formula is C20H25F3N2O3. The summed E-state index contributed by atoms with van der Waals surface area (Å²) in [5.41, 5.74) is -0.508. The van der Waals surface area contributed by atoms with Gasteiger partial charge in [0.25, 0.3) is 11.6 Å². The number of aliphatic hydroxyl groups is 1. The van der Waals surface area contributed by atoms with Gasteiger partial charge in [-0.3, -0.25) is 4.79 Å². The van der Waals surface area contributed by atoms with Crippen LogP contribution in [0.25, 0.3) is 0 Å². The van der Waals surface area contributed by atoms with Crippen LogP contribution < -0.4 is 4.74 Å². The summed E-state index contributed by atoms with van der Waals surface area (Å²) in [6, 6.07) is 3.73. The minimum absolute atomic E-state index is 0.0157. The summed E-state index contributed by atoms with van der Waals surface area (Å²) >= 11 is 0. The first-order chi connectivity index (χ1) is 12.9. The fraction of sp³-hybridized carbons (Fsp3) is 0.600. The maximum absolute atomic E-state index is 13.8. The molecule has 1 aromatic rings. The van der Waals surface area contributed by atoms with Crippen LogP contribution in [0.15, 0.2) is 17.2 Å². The molecule has 1 N–H and O–H groups in total. The van der Waals surface area contributed by atoms with Crippen molar-refractivity contribution in [1.29, 1.82) is 0 Å². The molecule has 3 unspecified atom stereocenters. The van der Waals surface area contributed by atoms with Gasteiger partial charge >= 0.3 is 6.18 Å². The Bertz CT molecular complexity index is 798.